The topological polar surface area (TPSA) is 132 Å². The zero-order valence-corrected chi connectivity index (χ0v) is 21.0. The molecule has 1 saturated heterocycles. The minimum Gasteiger partial charge on any atom is -0.616 e. The van der Waals surface area contributed by atoms with Gasteiger partial charge in [-0.15, -0.1) is 0 Å². The number of rotatable bonds is 10. The second-order valence-corrected chi connectivity index (χ2v) is 9.81. The summed E-state index contributed by atoms with van der Waals surface area (Å²) in [5.74, 6) is 4.34. The molecule has 0 spiro atoms. The Labute approximate surface area is 207 Å². The average Bonchev–Trinajstić information content (AvgIpc) is 2.90. The van der Waals surface area contributed by atoms with Crippen LogP contribution < -0.4 is 24.6 Å². The second kappa shape index (κ2) is 11.6. The number of anilines is 3. The molecule has 1 aromatic carbocycles. The Hall–Kier alpha value is -3.09. The summed E-state index contributed by atoms with van der Waals surface area (Å²) in [7, 11) is 5.21. The van der Waals surface area contributed by atoms with Crippen LogP contribution in [0.1, 0.15) is 5.56 Å². The van der Waals surface area contributed by atoms with Crippen molar-refractivity contribution in [3.8, 4) is 11.5 Å². The van der Waals surface area contributed by atoms with Crippen molar-refractivity contribution in [2.45, 2.75) is 6.42 Å². The number of benzene rings is 1. The first-order chi connectivity index (χ1) is 17.0. The van der Waals surface area contributed by atoms with Crippen molar-refractivity contribution in [3.63, 3.8) is 0 Å². The number of nitrogens with one attached hydrogen (secondary N) is 1. The van der Waals surface area contributed by atoms with Crippen molar-refractivity contribution < 1.29 is 19.1 Å². The van der Waals surface area contributed by atoms with E-state index in [0.29, 0.717) is 77.8 Å². The molecule has 3 aromatic rings. The molecule has 0 saturated carbocycles. The van der Waals surface area contributed by atoms with Gasteiger partial charge in [-0.05, 0) is 24.1 Å². The minimum absolute atomic E-state index is 0.0389. The van der Waals surface area contributed by atoms with Gasteiger partial charge in [-0.3, -0.25) is 0 Å². The van der Waals surface area contributed by atoms with Gasteiger partial charge in [-0.2, -0.15) is 4.98 Å². The van der Waals surface area contributed by atoms with E-state index < -0.39 is 11.2 Å². The Morgan fingerprint density at radius 3 is 2.60 bits per heavy atom. The second-order valence-electron chi connectivity index (χ2n) is 8.11. The Kier molecular flexibility index (Phi) is 8.26. The van der Waals surface area contributed by atoms with E-state index in [0.717, 1.165) is 12.0 Å². The van der Waals surface area contributed by atoms with Gasteiger partial charge in [0.2, 0.25) is 5.95 Å². The van der Waals surface area contributed by atoms with Crippen molar-refractivity contribution in [1.29, 1.82) is 0 Å². The summed E-state index contributed by atoms with van der Waals surface area (Å²) >= 11 is -0.808. The zero-order chi connectivity index (χ0) is 24.8. The van der Waals surface area contributed by atoms with Crippen LogP contribution in [0.25, 0.3) is 11.0 Å². The molecule has 3 heterocycles. The maximum atomic E-state index is 11.9. The van der Waals surface area contributed by atoms with Crippen LogP contribution in [0.5, 0.6) is 11.5 Å². The summed E-state index contributed by atoms with van der Waals surface area (Å²) < 4.78 is 22.6. The number of aliphatic hydroxyl groups is 1. The predicted octanol–water partition coefficient (Wildman–Crippen LogP) is 1.09. The molecule has 2 N–H and O–H groups in total. The predicted molar refractivity (Wildman–Crippen MR) is 137 cm³/mol. The minimum atomic E-state index is -0.808. The molecule has 0 aliphatic carbocycles. The number of nitrogens with zero attached hydrogens (tertiary/aromatic N) is 6. The Morgan fingerprint density at radius 1 is 1.11 bits per heavy atom. The monoisotopic (exact) mass is 501 g/mol. The molecular formula is C23H31N7O4S. The number of aliphatic hydroxyl groups excluding tert-OH is 1. The molecule has 2 aromatic heterocycles. The van der Waals surface area contributed by atoms with Crippen molar-refractivity contribution in [1.82, 2.24) is 19.9 Å². The van der Waals surface area contributed by atoms with E-state index in [1.807, 2.05) is 30.1 Å². The molecule has 1 aliphatic heterocycles. The third-order valence-corrected chi connectivity index (χ3v) is 7.14. The fourth-order valence-corrected chi connectivity index (χ4v) is 5.01. The third kappa shape index (κ3) is 5.77. The van der Waals surface area contributed by atoms with Gasteiger partial charge in [-0.1, -0.05) is 17.2 Å². The molecule has 4 rings (SSSR count). The molecule has 0 radical (unpaired) electrons. The molecule has 0 amide bonds. The fraction of sp³-hybridized carbons (Fsp3) is 0.478. The van der Waals surface area contributed by atoms with Crippen LogP contribution in [0.15, 0.2) is 24.5 Å². The normalized spacial score (nSPS) is 14.3. The molecule has 11 nitrogen and oxygen atoms in total. The van der Waals surface area contributed by atoms with Gasteiger partial charge >= 0.3 is 0 Å². The molecule has 1 aliphatic rings. The molecule has 0 bridgehead atoms. The first-order valence-electron chi connectivity index (χ1n) is 11.4. The van der Waals surface area contributed by atoms with E-state index in [-0.39, 0.29) is 6.61 Å². The highest BCUT2D eigenvalue weighted by molar-refractivity contribution is 7.91. The van der Waals surface area contributed by atoms with Crippen LogP contribution in [0.2, 0.25) is 0 Å². The van der Waals surface area contributed by atoms with Crippen LogP contribution in [0.3, 0.4) is 0 Å². The Balaban J connectivity index is 1.63. The van der Waals surface area contributed by atoms with Gasteiger partial charge in [0.15, 0.2) is 23.1 Å². The number of hydrogen-bond donors (Lipinski definition) is 2. The number of likely N-dealkylation sites (N-methyl/N-ethyl adjacent to an activating group) is 1. The zero-order valence-electron chi connectivity index (χ0n) is 20.2. The van der Waals surface area contributed by atoms with E-state index >= 15 is 0 Å². The average molecular weight is 502 g/mol. The van der Waals surface area contributed by atoms with Crippen molar-refractivity contribution in [3.05, 3.63) is 30.1 Å². The van der Waals surface area contributed by atoms with E-state index in [1.54, 1.807) is 14.2 Å². The van der Waals surface area contributed by atoms with E-state index in [4.69, 9.17) is 9.47 Å². The van der Waals surface area contributed by atoms with Gasteiger partial charge < -0.3 is 34.2 Å². The number of hydrogen-bond acceptors (Lipinski definition) is 11. The van der Waals surface area contributed by atoms with Crippen molar-refractivity contribution in [2.75, 3.05) is 80.7 Å². The highest BCUT2D eigenvalue weighted by Gasteiger charge is 2.25. The molecular weight excluding hydrogens is 470 g/mol. The van der Waals surface area contributed by atoms with Crippen molar-refractivity contribution in [2.24, 2.45) is 0 Å². The van der Waals surface area contributed by atoms with E-state index in [2.05, 4.69) is 30.2 Å². The maximum Gasteiger partial charge on any atom is 0.225 e. The van der Waals surface area contributed by atoms with Gasteiger partial charge in [0.25, 0.3) is 0 Å². The smallest absolute Gasteiger partial charge is 0.225 e. The lowest BCUT2D eigenvalue weighted by Gasteiger charge is -2.30. The number of aromatic nitrogens is 4. The summed E-state index contributed by atoms with van der Waals surface area (Å²) in [4.78, 5) is 22.5. The SMILES string of the molecule is COc1ccc(CCN(C)c2ncnc3c(N4CC[S+]([O-])CC4)nc(NCCO)nc23)cc1OC. The Bertz CT molecular complexity index is 1140. The standard InChI is InChI=1S/C23H31N7O4S/c1-29(8-6-16-4-5-17(33-2)18(14-16)34-3)21-20-19(25-15-26-21)22(28-23(27-20)24-7-11-31)30-9-12-35(32)13-10-30/h4-5,14-15,31H,6-13H2,1-3H3,(H,24,27,28). The van der Waals surface area contributed by atoms with Gasteiger partial charge in [-0.25, -0.2) is 15.0 Å². The summed E-state index contributed by atoms with van der Waals surface area (Å²) in [5.41, 5.74) is 2.38. The van der Waals surface area contributed by atoms with Crippen LogP contribution in [0.4, 0.5) is 17.6 Å². The molecule has 0 unspecified atom stereocenters. The number of fused-ring (bicyclic) bond motifs is 1. The lowest BCUT2D eigenvalue weighted by molar-refractivity contribution is 0.311. The lowest BCUT2D eigenvalue weighted by Crippen LogP contribution is -2.41. The van der Waals surface area contributed by atoms with Crippen LogP contribution in [-0.2, 0) is 17.6 Å². The van der Waals surface area contributed by atoms with Crippen LogP contribution in [-0.4, -0.2) is 95.2 Å². The molecule has 0 atom stereocenters. The fourth-order valence-electron chi connectivity index (χ4n) is 3.96. The molecule has 188 valence electrons. The van der Waals surface area contributed by atoms with Crippen LogP contribution >= 0.6 is 0 Å². The molecule has 1 fully saturated rings. The Morgan fingerprint density at radius 2 is 1.89 bits per heavy atom. The molecule has 12 heteroatoms. The van der Waals surface area contributed by atoms with Crippen molar-refractivity contribution >= 4 is 39.8 Å². The third-order valence-electron chi connectivity index (χ3n) is 5.86. The summed E-state index contributed by atoms with van der Waals surface area (Å²) in [6.07, 6.45) is 2.29. The number of methoxy groups -OCH3 is 2. The lowest BCUT2D eigenvalue weighted by atomic mass is 10.1. The first-order valence-corrected chi connectivity index (χ1v) is 12.9. The summed E-state index contributed by atoms with van der Waals surface area (Å²) in [6.45, 7) is 2.23. The summed E-state index contributed by atoms with van der Waals surface area (Å²) in [6, 6.07) is 5.89. The number of ether oxygens (including phenoxy) is 2. The van der Waals surface area contributed by atoms with E-state index in [1.165, 1.54) is 6.33 Å². The highest BCUT2D eigenvalue weighted by Crippen LogP contribution is 2.30. The quantitative estimate of drug-likeness (QED) is 0.387. The summed E-state index contributed by atoms with van der Waals surface area (Å²) in [5, 5.41) is 12.3. The maximum absolute atomic E-state index is 11.9. The largest absolute Gasteiger partial charge is 0.616 e. The van der Waals surface area contributed by atoms with Gasteiger partial charge in [0, 0.05) is 20.1 Å². The van der Waals surface area contributed by atoms with Gasteiger partial charge in [0.1, 0.15) is 28.9 Å². The van der Waals surface area contributed by atoms with E-state index in [9.17, 15) is 9.66 Å². The molecule has 35 heavy (non-hydrogen) atoms. The van der Waals surface area contributed by atoms with Gasteiger partial charge in [0.05, 0.1) is 33.9 Å². The highest BCUT2D eigenvalue weighted by atomic mass is 32.2. The van der Waals surface area contributed by atoms with Crippen LogP contribution in [0, 0.1) is 0 Å². The first kappa shape index (κ1) is 25.0.